The second-order valence-electron chi connectivity index (χ2n) is 8.90. The number of hydrogen-bond acceptors (Lipinski definition) is 3. The van der Waals surface area contributed by atoms with Crippen LogP contribution in [0.5, 0.6) is 5.75 Å². The molecule has 36 heavy (non-hydrogen) atoms. The average Bonchev–Trinajstić information content (AvgIpc) is 2.87. The Kier molecular flexibility index (Phi) is 8.18. The highest BCUT2D eigenvalue weighted by molar-refractivity contribution is 5.84. The minimum atomic E-state index is -4.37. The monoisotopic (exact) mass is 496 g/mol. The number of ether oxygens (including phenoxy) is 1. The van der Waals surface area contributed by atoms with Crippen LogP contribution < -0.4 is 4.74 Å². The lowest BCUT2D eigenvalue weighted by Gasteiger charge is -2.10. The predicted molar refractivity (Wildman–Crippen MR) is 133 cm³/mol. The molecule has 4 rings (SSSR count). The van der Waals surface area contributed by atoms with Crippen LogP contribution >= 0.6 is 0 Å². The predicted octanol–water partition coefficient (Wildman–Crippen LogP) is 7.23. The Hall–Kier alpha value is -3.48. The fourth-order valence-electron chi connectivity index (χ4n) is 4.12. The van der Waals surface area contributed by atoms with Crippen molar-refractivity contribution in [3.63, 3.8) is 0 Å². The van der Waals surface area contributed by atoms with E-state index in [0.717, 1.165) is 53.6 Å². The van der Waals surface area contributed by atoms with Gasteiger partial charge in [0.25, 0.3) is 0 Å². The van der Waals surface area contributed by atoms with Crippen LogP contribution in [-0.2, 0) is 32.1 Å². The van der Waals surface area contributed by atoms with Crippen LogP contribution in [-0.4, -0.2) is 22.8 Å². The molecule has 1 aromatic heterocycles. The molecule has 0 radical (unpaired) electrons. The van der Waals surface area contributed by atoms with Crippen molar-refractivity contribution in [3.05, 3.63) is 101 Å². The molecule has 3 nitrogen and oxygen atoms in total. The maximum Gasteiger partial charge on any atom is 0.422 e. The van der Waals surface area contributed by atoms with E-state index in [1.807, 2.05) is 36.7 Å². The Bertz CT molecular complexity index is 1290. The summed E-state index contributed by atoms with van der Waals surface area (Å²) in [5.41, 5.74) is 3.75. The summed E-state index contributed by atoms with van der Waals surface area (Å²) in [5, 5.41) is 1.42. The molecule has 0 aliphatic heterocycles. The van der Waals surface area contributed by atoms with Crippen LogP contribution in [0.1, 0.15) is 41.4 Å². The highest BCUT2D eigenvalue weighted by Crippen LogP contribution is 2.25. The van der Waals surface area contributed by atoms with Crippen LogP contribution in [0.3, 0.4) is 0 Å². The molecule has 7 heteroatoms. The number of halogens is 4. The van der Waals surface area contributed by atoms with Crippen molar-refractivity contribution in [2.45, 2.75) is 51.6 Å². The van der Waals surface area contributed by atoms with Gasteiger partial charge in [0.15, 0.2) is 6.61 Å². The minimum absolute atomic E-state index is 0.156. The molecule has 0 fully saturated rings. The summed E-state index contributed by atoms with van der Waals surface area (Å²) in [6.45, 7) is 0.803. The largest absolute Gasteiger partial charge is 0.484 e. The minimum Gasteiger partial charge on any atom is -0.484 e. The maximum atomic E-state index is 15.2. The van der Waals surface area contributed by atoms with E-state index in [0.29, 0.717) is 23.8 Å². The third kappa shape index (κ3) is 7.03. The lowest BCUT2D eigenvalue weighted by Crippen LogP contribution is -2.19. The topological polar surface area (TPSA) is 35.0 Å². The SMILES string of the molecule is CCCc1cnc(CCc2ccc3c(F)c(CCc4ccc(OCC(F)(F)F)cc4)ccc3c2)nc1. The normalized spacial score (nSPS) is 11.7. The van der Waals surface area contributed by atoms with Crippen LogP contribution in [0, 0.1) is 5.82 Å². The number of aromatic nitrogens is 2. The van der Waals surface area contributed by atoms with Gasteiger partial charge in [0.2, 0.25) is 0 Å². The second kappa shape index (κ2) is 11.5. The molecular formula is C29H28F4N2O. The van der Waals surface area contributed by atoms with Gasteiger partial charge in [-0.25, -0.2) is 14.4 Å². The van der Waals surface area contributed by atoms with Gasteiger partial charge in [-0.3, -0.25) is 0 Å². The molecule has 0 atom stereocenters. The van der Waals surface area contributed by atoms with Crippen molar-refractivity contribution < 1.29 is 22.3 Å². The zero-order chi connectivity index (χ0) is 25.5. The van der Waals surface area contributed by atoms with E-state index >= 15 is 4.39 Å². The molecule has 0 saturated carbocycles. The van der Waals surface area contributed by atoms with Gasteiger partial charge in [-0.05, 0) is 65.5 Å². The Morgan fingerprint density at radius 1 is 0.750 bits per heavy atom. The quantitative estimate of drug-likeness (QED) is 0.217. The fourth-order valence-corrected chi connectivity index (χ4v) is 4.12. The Morgan fingerprint density at radius 2 is 1.44 bits per heavy atom. The van der Waals surface area contributed by atoms with E-state index in [4.69, 9.17) is 4.74 Å². The summed E-state index contributed by atoms with van der Waals surface area (Å²) in [6, 6.07) is 15.9. The number of benzene rings is 3. The summed E-state index contributed by atoms with van der Waals surface area (Å²) >= 11 is 0. The molecule has 0 amide bonds. The molecule has 188 valence electrons. The van der Waals surface area contributed by atoms with Crippen LogP contribution in [0.15, 0.2) is 67.0 Å². The van der Waals surface area contributed by atoms with Gasteiger partial charge in [0, 0.05) is 24.2 Å². The van der Waals surface area contributed by atoms with Crippen molar-refractivity contribution in [3.8, 4) is 5.75 Å². The van der Waals surface area contributed by atoms with Crippen molar-refractivity contribution in [1.29, 1.82) is 0 Å². The van der Waals surface area contributed by atoms with Crippen molar-refractivity contribution in [2.24, 2.45) is 0 Å². The number of aryl methyl sites for hydroxylation is 5. The zero-order valence-electron chi connectivity index (χ0n) is 20.1. The van der Waals surface area contributed by atoms with Gasteiger partial charge >= 0.3 is 6.18 Å². The Balaban J connectivity index is 1.36. The standard InChI is InChI=1S/C29H28F4N2O/c1-2-3-22-17-34-27(35-18-22)15-8-21-7-14-26-24(16-21)11-10-23(28(26)30)9-4-20-5-12-25(13-6-20)36-19-29(31,32)33/h5-7,10-14,16-18H,2-4,8-9,15,19H2,1H3. The molecule has 0 aliphatic rings. The van der Waals surface area contributed by atoms with E-state index in [-0.39, 0.29) is 11.6 Å². The van der Waals surface area contributed by atoms with Gasteiger partial charge in [0.1, 0.15) is 17.4 Å². The molecule has 4 aromatic rings. The van der Waals surface area contributed by atoms with Gasteiger partial charge in [-0.1, -0.05) is 55.8 Å². The highest BCUT2D eigenvalue weighted by Gasteiger charge is 2.28. The molecule has 0 unspecified atom stereocenters. The van der Waals surface area contributed by atoms with E-state index in [1.165, 1.54) is 12.1 Å². The Morgan fingerprint density at radius 3 is 2.14 bits per heavy atom. The third-order valence-corrected chi connectivity index (χ3v) is 6.04. The lowest BCUT2D eigenvalue weighted by molar-refractivity contribution is -0.153. The van der Waals surface area contributed by atoms with Crippen molar-refractivity contribution in [1.82, 2.24) is 9.97 Å². The molecule has 0 aliphatic carbocycles. The molecule has 0 saturated heterocycles. The van der Waals surface area contributed by atoms with E-state index < -0.39 is 12.8 Å². The second-order valence-corrected chi connectivity index (χ2v) is 8.90. The number of nitrogens with zero attached hydrogens (tertiary/aromatic N) is 2. The number of alkyl halides is 3. The first kappa shape index (κ1) is 25.6. The van der Waals surface area contributed by atoms with Gasteiger partial charge in [0.05, 0.1) is 0 Å². The summed E-state index contributed by atoms with van der Waals surface area (Å²) < 4.78 is 56.7. The molecule has 0 N–H and O–H groups in total. The highest BCUT2D eigenvalue weighted by atomic mass is 19.4. The van der Waals surface area contributed by atoms with Gasteiger partial charge < -0.3 is 4.74 Å². The van der Waals surface area contributed by atoms with Crippen LogP contribution in [0.4, 0.5) is 17.6 Å². The van der Waals surface area contributed by atoms with Crippen molar-refractivity contribution >= 4 is 10.8 Å². The number of hydrogen-bond donors (Lipinski definition) is 0. The molecular weight excluding hydrogens is 468 g/mol. The lowest BCUT2D eigenvalue weighted by atomic mass is 9.98. The Labute approximate surface area is 208 Å². The number of rotatable bonds is 10. The maximum absolute atomic E-state index is 15.2. The first-order valence-corrected chi connectivity index (χ1v) is 12.1. The molecule has 3 aromatic carbocycles. The van der Waals surface area contributed by atoms with Crippen LogP contribution in [0.2, 0.25) is 0 Å². The van der Waals surface area contributed by atoms with Crippen LogP contribution in [0.25, 0.3) is 10.8 Å². The number of fused-ring (bicyclic) bond motifs is 1. The van der Waals surface area contributed by atoms with E-state index in [9.17, 15) is 13.2 Å². The van der Waals surface area contributed by atoms with Gasteiger partial charge in [-0.2, -0.15) is 13.2 Å². The smallest absolute Gasteiger partial charge is 0.422 e. The zero-order valence-corrected chi connectivity index (χ0v) is 20.1. The molecule has 1 heterocycles. The van der Waals surface area contributed by atoms with E-state index in [2.05, 4.69) is 16.9 Å². The summed E-state index contributed by atoms with van der Waals surface area (Å²) in [7, 11) is 0. The first-order chi connectivity index (χ1) is 17.3. The summed E-state index contributed by atoms with van der Waals surface area (Å²) in [5.74, 6) is 0.722. The average molecular weight is 497 g/mol. The first-order valence-electron chi connectivity index (χ1n) is 12.1. The molecule has 0 bridgehead atoms. The summed E-state index contributed by atoms with van der Waals surface area (Å²) in [4.78, 5) is 8.89. The third-order valence-electron chi connectivity index (χ3n) is 6.04. The van der Waals surface area contributed by atoms with E-state index in [1.54, 1.807) is 18.2 Å². The van der Waals surface area contributed by atoms with Gasteiger partial charge in [-0.15, -0.1) is 0 Å². The fraction of sp³-hybridized carbons (Fsp3) is 0.310. The summed E-state index contributed by atoms with van der Waals surface area (Å²) in [6.07, 6.45) is 3.99. The van der Waals surface area contributed by atoms with Crippen molar-refractivity contribution in [2.75, 3.05) is 6.61 Å². The molecule has 0 spiro atoms.